The number of nitriles is 2. The van der Waals surface area contributed by atoms with Crippen molar-refractivity contribution in [2.45, 2.75) is 0 Å². The van der Waals surface area contributed by atoms with E-state index in [0.29, 0.717) is 11.4 Å². The average Bonchev–Trinajstić information content (AvgIpc) is 3.75. The minimum Gasteiger partial charge on any atom is -0.307 e. The molecule has 46 heavy (non-hydrogen) atoms. The first-order valence-corrected chi connectivity index (χ1v) is 14.8. The molecule has 0 saturated heterocycles. The lowest BCUT2D eigenvalue weighted by Gasteiger charge is -2.15. The summed E-state index contributed by atoms with van der Waals surface area (Å²) in [5, 5.41) is 26.5. The summed E-state index contributed by atoms with van der Waals surface area (Å²) in [5.74, 6) is 0. The molecule has 0 amide bonds. The summed E-state index contributed by atoms with van der Waals surface area (Å²) in [6.07, 6.45) is 7.39. The van der Waals surface area contributed by atoms with Crippen molar-refractivity contribution in [1.82, 2.24) is 29.1 Å². The molecule has 8 nitrogen and oxygen atoms in total. The van der Waals surface area contributed by atoms with Crippen LogP contribution >= 0.6 is 0 Å². The lowest BCUT2D eigenvalue weighted by molar-refractivity contribution is 1.13. The smallest absolute Gasteiger partial charge is 0.177 e. The Bertz CT molecular complexity index is 2600. The summed E-state index contributed by atoms with van der Waals surface area (Å²) in [6.45, 7) is 0. The molecule has 0 saturated carbocycles. The van der Waals surface area contributed by atoms with Gasteiger partial charge in [-0.2, -0.15) is 10.5 Å². The molecule has 0 unspecified atom stereocenters. The standard InChI is InChI=1S/C38H18N8/c39-17-26-27(18-40)44-38-36-31(46-29-8-4-2-6-23(29)25-14-16-42-20-33(25)46)12-10-21-9-11-30(35(34(21)36)37(38)43-26)45-28-7-3-1-5-22(28)24-13-15-41-19-32(24)45/h1-16,19-20H. The predicted octanol–water partition coefficient (Wildman–Crippen LogP) is 8.00. The predicted molar refractivity (Wildman–Crippen MR) is 178 cm³/mol. The maximum Gasteiger partial charge on any atom is 0.177 e. The maximum absolute atomic E-state index is 10.0. The van der Waals surface area contributed by atoms with E-state index in [-0.39, 0.29) is 11.4 Å². The van der Waals surface area contributed by atoms with Gasteiger partial charge in [-0.25, -0.2) is 9.97 Å². The van der Waals surface area contributed by atoms with Crippen LogP contribution in [0.2, 0.25) is 0 Å². The van der Waals surface area contributed by atoms with Gasteiger partial charge >= 0.3 is 0 Å². The van der Waals surface area contributed by atoms with Gasteiger partial charge in [-0.15, -0.1) is 0 Å². The summed E-state index contributed by atoms with van der Waals surface area (Å²) < 4.78 is 4.43. The van der Waals surface area contributed by atoms with Gasteiger partial charge in [0.15, 0.2) is 11.4 Å². The monoisotopic (exact) mass is 586 g/mol. The molecule has 8 heteroatoms. The second kappa shape index (κ2) is 8.82. The fourth-order valence-corrected chi connectivity index (χ4v) is 7.34. The topological polar surface area (TPSA) is 109 Å². The van der Waals surface area contributed by atoms with Crippen LogP contribution in [-0.2, 0) is 0 Å². The summed E-state index contributed by atoms with van der Waals surface area (Å²) in [6, 6.07) is 33.3. The van der Waals surface area contributed by atoms with Crippen molar-refractivity contribution in [2.75, 3.05) is 0 Å². The van der Waals surface area contributed by atoms with E-state index in [1.54, 1.807) is 0 Å². The van der Waals surface area contributed by atoms with Gasteiger partial charge in [0, 0.05) is 50.5 Å². The lowest BCUT2D eigenvalue weighted by Crippen LogP contribution is -2.01. The fourth-order valence-electron chi connectivity index (χ4n) is 7.34. The number of nitrogens with zero attached hydrogens (tertiary/aromatic N) is 8. The molecule has 0 spiro atoms. The van der Waals surface area contributed by atoms with E-state index in [1.807, 2.05) is 61.2 Å². The zero-order valence-electron chi connectivity index (χ0n) is 24.0. The normalized spacial score (nSPS) is 11.9. The number of aromatic nitrogens is 6. The van der Waals surface area contributed by atoms with Gasteiger partial charge in [-0.05, 0) is 41.8 Å². The van der Waals surface area contributed by atoms with Crippen molar-refractivity contribution in [3.8, 4) is 46.0 Å². The number of rotatable bonds is 2. The molecule has 0 bridgehead atoms. The Morgan fingerprint density at radius 1 is 0.500 bits per heavy atom. The van der Waals surface area contributed by atoms with E-state index in [4.69, 9.17) is 9.97 Å². The molecule has 1 aliphatic carbocycles. The molecular weight excluding hydrogens is 568 g/mol. The first kappa shape index (κ1) is 24.5. The van der Waals surface area contributed by atoms with Crippen LogP contribution in [0.1, 0.15) is 11.4 Å². The minimum absolute atomic E-state index is 0.00325. The van der Waals surface area contributed by atoms with Gasteiger partial charge in [0.05, 0.1) is 45.8 Å². The molecule has 0 N–H and O–H groups in total. The molecule has 10 rings (SSSR count). The van der Waals surface area contributed by atoms with Crippen LogP contribution in [-0.4, -0.2) is 29.1 Å². The largest absolute Gasteiger partial charge is 0.307 e. The Balaban J connectivity index is 1.42. The third kappa shape index (κ3) is 2.99. The van der Waals surface area contributed by atoms with E-state index in [0.717, 1.165) is 76.9 Å². The van der Waals surface area contributed by atoms with Crippen LogP contribution in [0.25, 0.3) is 88.3 Å². The van der Waals surface area contributed by atoms with Crippen LogP contribution in [0.5, 0.6) is 0 Å². The van der Waals surface area contributed by atoms with E-state index >= 15 is 0 Å². The molecule has 9 aromatic rings. The first-order valence-electron chi connectivity index (χ1n) is 14.8. The third-order valence-corrected chi connectivity index (χ3v) is 9.16. The van der Waals surface area contributed by atoms with E-state index < -0.39 is 0 Å². The minimum atomic E-state index is 0.00325. The van der Waals surface area contributed by atoms with E-state index in [1.165, 1.54) is 0 Å². The van der Waals surface area contributed by atoms with Crippen molar-refractivity contribution in [3.05, 3.63) is 121 Å². The molecule has 4 aromatic carbocycles. The molecular formula is C38H18N8. The van der Waals surface area contributed by atoms with Gasteiger partial charge in [-0.3, -0.25) is 9.97 Å². The number of hydrogen-bond acceptors (Lipinski definition) is 6. The van der Waals surface area contributed by atoms with Crippen molar-refractivity contribution < 1.29 is 0 Å². The Kier molecular flexibility index (Phi) is 4.70. The van der Waals surface area contributed by atoms with E-state index in [9.17, 15) is 10.5 Å². The Hall–Kier alpha value is -6.90. The molecule has 0 radical (unpaired) electrons. The number of hydrogen-bond donors (Lipinski definition) is 0. The zero-order chi connectivity index (χ0) is 30.5. The molecule has 1 aliphatic rings. The highest BCUT2D eigenvalue weighted by Crippen LogP contribution is 2.52. The Morgan fingerprint density at radius 2 is 0.957 bits per heavy atom. The molecule has 210 valence electrons. The second-order valence-corrected chi connectivity index (χ2v) is 11.3. The summed E-state index contributed by atoms with van der Waals surface area (Å²) >= 11 is 0. The van der Waals surface area contributed by atoms with Crippen LogP contribution < -0.4 is 0 Å². The Labute approximate surface area is 260 Å². The van der Waals surface area contributed by atoms with Crippen LogP contribution in [0.15, 0.2) is 110 Å². The molecule has 5 aromatic heterocycles. The van der Waals surface area contributed by atoms with Gasteiger partial charge in [0.25, 0.3) is 0 Å². The quantitative estimate of drug-likeness (QED) is 0.203. The molecule has 0 fully saturated rings. The van der Waals surface area contributed by atoms with Crippen molar-refractivity contribution in [2.24, 2.45) is 0 Å². The number of benzene rings is 4. The molecule has 5 heterocycles. The number of para-hydroxylation sites is 2. The maximum atomic E-state index is 10.0. The van der Waals surface area contributed by atoms with Gasteiger partial charge < -0.3 is 9.13 Å². The summed E-state index contributed by atoms with van der Waals surface area (Å²) in [4.78, 5) is 18.7. The van der Waals surface area contributed by atoms with Crippen molar-refractivity contribution in [3.63, 3.8) is 0 Å². The second-order valence-electron chi connectivity index (χ2n) is 11.3. The van der Waals surface area contributed by atoms with Crippen LogP contribution in [0.3, 0.4) is 0 Å². The average molecular weight is 587 g/mol. The highest BCUT2D eigenvalue weighted by molar-refractivity contribution is 6.20. The summed E-state index contributed by atoms with van der Waals surface area (Å²) in [7, 11) is 0. The number of pyridine rings is 2. The van der Waals surface area contributed by atoms with Crippen LogP contribution in [0, 0.1) is 22.7 Å². The van der Waals surface area contributed by atoms with Crippen molar-refractivity contribution in [1.29, 1.82) is 10.5 Å². The third-order valence-electron chi connectivity index (χ3n) is 9.16. The lowest BCUT2D eigenvalue weighted by atomic mass is 10.0. The molecule has 0 atom stereocenters. The highest BCUT2D eigenvalue weighted by atomic mass is 15.0. The van der Waals surface area contributed by atoms with Crippen molar-refractivity contribution >= 4 is 54.4 Å². The Morgan fingerprint density at radius 3 is 1.43 bits per heavy atom. The van der Waals surface area contributed by atoms with Crippen LogP contribution in [0.4, 0.5) is 0 Å². The van der Waals surface area contributed by atoms with Gasteiger partial charge in [0.1, 0.15) is 23.5 Å². The summed E-state index contributed by atoms with van der Waals surface area (Å²) in [5.41, 5.74) is 8.66. The first-order chi connectivity index (χ1) is 22.8. The molecule has 0 aliphatic heterocycles. The zero-order valence-corrected chi connectivity index (χ0v) is 24.0. The van der Waals surface area contributed by atoms with Gasteiger partial charge in [0.2, 0.25) is 0 Å². The van der Waals surface area contributed by atoms with Gasteiger partial charge in [-0.1, -0.05) is 48.5 Å². The fraction of sp³-hybridized carbons (Fsp3) is 0. The highest BCUT2D eigenvalue weighted by Gasteiger charge is 2.33. The SMILES string of the molecule is N#Cc1nc2c(nc1C#N)-c1c(-n3c4ccccc4c4ccncc43)ccc3ccc(-n4c5ccccc5c5ccncc54)c-2c13. The van der Waals surface area contributed by atoms with E-state index in [2.05, 4.69) is 79.8 Å². The number of fused-ring (bicyclic) bond motifs is 9.